The molecule has 4 heteroatoms. The van der Waals surface area contributed by atoms with Crippen LogP contribution in [0.25, 0.3) is 32.7 Å². The predicted octanol–water partition coefficient (Wildman–Crippen LogP) is -2.18. The Balaban J connectivity index is 0.00000104. The van der Waals surface area contributed by atoms with E-state index < -0.39 is 0 Å². The third kappa shape index (κ3) is 2.95. The molecule has 24 heavy (non-hydrogen) atoms. The zero-order valence-corrected chi connectivity index (χ0v) is 13.7. The molecule has 0 aliphatic heterocycles. The van der Waals surface area contributed by atoms with Crippen LogP contribution in [0.4, 0.5) is 0 Å². The Labute approximate surface area is 164 Å². The molecule has 4 aromatic rings. The van der Waals surface area contributed by atoms with Gasteiger partial charge in [0.1, 0.15) is 0 Å². The average molecular weight is 298 g/mol. The van der Waals surface area contributed by atoms with Crippen LogP contribution < -0.4 is 47.9 Å². The molecule has 0 saturated carbocycles. The molecule has 0 amide bonds. The fourth-order valence-electron chi connectivity index (χ4n) is 3.02. The van der Waals surface area contributed by atoms with Crippen LogP contribution in [0.15, 0.2) is 72.8 Å². The summed E-state index contributed by atoms with van der Waals surface area (Å²) in [6.07, 6.45) is 0. The maximum absolute atomic E-state index is 12.5. The Kier molecular flexibility index (Phi) is 5.71. The number of fused-ring (bicyclic) bond motifs is 2. The van der Waals surface area contributed by atoms with Crippen molar-refractivity contribution in [3.63, 3.8) is 0 Å². The molecule has 0 bridgehead atoms. The van der Waals surface area contributed by atoms with Crippen LogP contribution >= 0.6 is 0 Å². The number of benzene rings is 4. The summed E-state index contributed by atoms with van der Waals surface area (Å²) in [6.45, 7) is 0. The molecule has 0 atom stereocenters. The van der Waals surface area contributed by atoms with E-state index in [9.17, 15) is 10.2 Å². The van der Waals surface area contributed by atoms with Gasteiger partial charge >= 0.3 is 37.7 Å². The van der Waals surface area contributed by atoms with Crippen molar-refractivity contribution in [1.82, 2.24) is 0 Å². The van der Waals surface area contributed by atoms with E-state index in [1.165, 1.54) is 0 Å². The summed E-state index contributed by atoms with van der Waals surface area (Å²) in [7, 11) is 0. The summed E-state index contributed by atoms with van der Waals surface area (Å²) in [6, 6.07) is 22.0. The van der Waals surface area contributed by atoms with Crippen LogP contribution in [0.3, 0.4) is 0 Å². The monoisotopic (exact) mass is 298 g/mol. The van der Waals surface area contributed by atoms with Crippen LogP contribution in [0, 0.1) is 0 Å². The first-order valence-electron chi connectivity index (χ1n) is 7.13. The molecule has 0 fully saturated rings. The van der Waals surface area contributed by atoms with Crippen LogP contribution in [-0.2, 0) is 0 Å². The molecule has 106 valence electrons. The van der Waals surface area contributed by atoms with E-state index >= 15 is 0 Å². The van der Waals surface area contributed by atoms with Crippen LogP contribution in [0.2, 0.25) is 0 Å². The third-order valence-corrected chi connectivity index (χ3v) is 4.03. The molecule has 4 rings (SSSR count). The molecule has 2 nitrogen and oxygen atoms in total. The van der Waals surface area contributed by atoms with Crippen molar-refractivity contribution in [2.45, 2.75) is 0 Å². The van der Waals surface area contributed by atoms with Gasteiger partial charge in [-0.3, -0.25) is 0 Å². The molecular weight excluding hydrogens is 286 g/mol. The van der Waals surface area contributed by atoms with Crippen molar-refractivity contribution < 1.29 is 47.9 Å². The third-order valence-electron chi connectivity index (χ3n) is 4.03. The minimum atomic E-state index is -0.118. The van der Waals surface area contributed by atoms with Gasteiger partial charge in [-0.25, -0.2) is 0 Å². The van der Waals surface area contributed by atoms with E-state index in [2.05, 4.69) is 0 Å². The zero-order chi connectivity index (χ0) is 15.1. The average Bonchev–Trinajstić information content (AvgIpc) is 2.56. The summed E-state index contributed by atoms with van der Waals surface area (Å²) < 4.78 is 0. The standard InChI is InChI=1S/C20H14O2.2Li/c21-17-11-9-13-5-1-3-7-15(13)19(17)20-16-8-4-2-6-14(16)10-12-18(20)22;;/h1-12,21-22H;;/q;2*+1/p-2. The van der Waals surface area contributed by atoms with Gasteiger partial charge in [0.25, 0.3) is 0 Å². The van der Waals surface area contributed by atoms with E-state index in [1.807, 2.05) is 48.5 Å². The zero-order valence-electron chi connectivity index (χ0n) is 13.7. The maximum atomic E-state index is 12.5. The molecular formula is C20H12Li2O2. The number of hydrogen-bond acceptors (Lipinski definition) is 2. The second-order valence-electron chi connectivity index (χ2n) is 5.32. The summed E-state index contributed by atoms with van der Waals surface area (Å²) in [5.41, 5.74) is 1.000. The molecule has 0 heterocycles. The predicted molar refractivity (Wildman–Crippen MR) is 85.8 cm³/mol. The molecule has 0 radical (unpaired) electrons. The normalized spacial score (nSPS) is 10.2. The van der Waals surface area contributed by atoms with E-state index in [-0.39, 0.29) is 49.2 Å². The van der Waals surface area contributed by atoms with E-state index in [0.29, 0.717) is 11.1 Å². The van der Waals surface area contributed by atoms with Gasteiger partial charge in [0.05, 0.1) is 0 Å². The molecule has 0 saturated heterocycles. The molecule has 0 aliphatic rings. The number of hydrogen-bond donors (Lipinski definition) is 0. The molecule has 0 aromatic heterocycles. The van der Waals surface area contributed by atoms with Crippen molar-refractivity contribution in [2.24, 2.45) is 0 Å². The first kappa shape index (κ1) is 18.5. The molecule has 0 spiro atoms. The summed E-state index contributed by atoms with van der Waals surface area (Å²) in [4.78, 5) is 0. The maximum Gasteiger partial charge on any atom is 1.00 e. The Morgan fingerprint density at radius 1 is 0.458 bits per heavy atom. The van der Waals surface area contributed by atoms with Crippen LogP contribution in [0.1, 0.15) is 0 Å². The topological polar surface area (TPSA) is 46.1 Å². The van der Waals surface area contributed by atoms with Crippen molar-refractivity contribution >= 4 is 21.5 Å². The smallest absolute Gasteiger partial charge is 0.872 e. The van der Waals surface area contributed by atoms with Gasteiger partial charge in [0, 0.05) is 0 Å². The second kappa shape index (κ2) is 7.39. The second-order valence-corrected chi connectivity index (χ2v) is 5.32. The van der Waals surface area contributed by atoms with Gasteiger partial charge in [-0.1, -0.05) is 72.8 Å². The van der Waals surface area contributed by atoms with Crippen LogP contribution in [-0.4, -0.2) is 0 Å². The van der Waals surface area contributed by atoms with E-state index in [1.54, 1.807) is 24.3 Å². The van der Waals surface area contributed by atoms with Gasteiger partial charge in [0.2, 0.25) is 0 Å². The first-order valence-corrected chi connectivity index (χ1v) is 7.13. The molecule has 0 aliphatic carbocycles. The largest absolute Gasteiger partial charge is 1.00 e. The summed E-state index contributed by atoms with van der Waals surface area (Å²) >= 11 is 0. The Hall–Kier alpha value is -1.81. The molecule has 4 aromatic carbocycles. The fourth-order valence-corrected chi connectivity index (χ4v) is 3.02. The quantitative estimate of drug-likeness (QED) is 0.375. The van der Waals surface area contributed by atoms with E-state index in [0.717, 1.165) is 21.5 Å². The minimum absolute atomic E-state index is 0. The fraction of sp³-hybridized carbons (Fsp3) is 0. The summed E-state index contributed by atoms with van der Waals surface area (Å²) in [5, 5.41) is 28.6. The Morgan fingerprint density at radius 3 is 1.25 bits per heavy atom. The van der Waals surface area contributed by atoms with Gasteiger partial charge in [-0.2, -0.15) is 0 Å². The molecule has 0 N–H and O–H groups in total. The van der Waals surface area contributed by atoms with Crippen molar-refractivity contribution in [2.75, 3.05) is 0 Å². The van der Waals surface area contributed by atoms with E-state index in [4.69, 9.17) is 0 Å². The minimum Gasteiger partial charge on any atom is -0.872 e. The van der Waals surface area contributed by atoms with Crippen LogP contribution in [0.5, 0.6) is 11.5 Å². The van der Waals surface area contributed by atoms with Gasteiger partial charge in [0.15, 0.2) is 0 Å². The summed E-state index contributed by atoms with van der Waals surface area (Å²) in [5.74, 6) is -0.237. The Bertz CT molecular complexity index is 929. The Morgan fingerprint density at radius 2 is 0.833 bits per heavy atom. The SMILES string of the molecule is [Li+].[Li+].[O-]c1ccc2ccccc2c1-c1c([O-])ccc2ccccc12. The molecule has 0 unspecified atom stereocenters. The van der Waals surface area contributed by atoms with Gasteiger partial charge < -0.3 is 10.2 Å². The number of rotatable bonds is 1. The van der Waals surface area contributed by atoms with Gasteiger partial charge in [-0.05, 0) is 32.7 Å². The van der Waals surface area contributed by atoms with Crippen molar-refractivity contribution in [1.29, 1.82) is 0 Å². The van der Waals surface area contributed by atoms with Crippen molar-refractivity contribution in [3.8, 4) is 22.6 Å². The first-order chi connectivity index (χ1) is 10.8. The van der Waals surface area contributed by atoms with Crippen molar-refractivity contribution in [3.05, 3.63) is 72.8 Å². The van der Waals surface area contributed by atoms with Gasteiger partial charge in [-0.15, -0.1) is 11.5 Å².